The Morgan fingerprint density at radius 2 is 1.31 bits per heavy atom. The molecule has 0 spiro atoms. The number of ether oxygens (including phenoxy) is 3. The highest BCUT2D eigenvalue weighted by atomic mass is 19.4. The normalized spacial score (nSPS) is 12.0. The summed E-state index contributed by atoms with van der Waals surface area (Å²) in [5.41, 5.74) is 0.384. The van der Waals surface area contributed by atoms with E-state index in [9.17, 15) is 13.2 Å². The van der Waals surface area contributed by atoms with Crippen LogP contribution in [0.2, 0.25) is 0 Å². The SMILES string of the molecule is FC(F)(F)Oc1ccc(N=C(C=COc2ccccc2)Oc2ccccc2)cc1. The van der Waals surface area contributed by atoms with Gasteiger partial charge in [0.2, 0.25) is 5.90 Å². The van der Waals surface area contributed by atoms with Crippen molar-refractivity contribution in [3.63, 3.8) is 0 Å². The van der Waals surface area contributed by atoms with Crippen LogP contribution in [0.5, 0.6) is 17.2 Å². The van der Waals surface area contributed by atoms with E-state index in [2.05, 4.69) is 9.73 Å². The second-order valence-corrected chi connectivity index (χ2v) is 5.64. The van der Waals surface area contributed by atoms with Crippen molar-refractivity contribution in [1.29, 1.82) is 0 Å². The molecule has 0 amide bonds. The molecule has 0 aliphatic carbocycles. The molecule has 0 N–H and O–H groups in total. The van der Waals surface area contributed by atoms with Crippen molar-refractivity contribution in [1.82, 2.24) is 0 Å². The summed E-state index contributed by atoms with van der Waals surface area (Å²) in [6, 6.07) is 23.2. The molecule has 0 radical (unpaired) electrons. The lowest BCUT2D eigenvalue weighted by atomic mass is 10.3. The minimum Gasteiger partial charge on any atom is -0.465 e. The summed E-state index contributed by atoms with van der Waals surface area (Å²) in [7, 11) is 0. The largest absolute Gasteiger partial charge is 0.573 e. The second kappa shape index (κ2) is 9.45. The fraction of sp³-hybridized carbons (Fsp3) is 0.0455. The summed E-state index contributed by atoms with van der Waals surface area (Å²) in [5.74, 6) is 1.05. The van der Waals surface area contributed by atoms with Gasteiger partial charge >= 0.3 is 6.36 Å². The van der Waals surface area contributed by atoms with E-state index in [1.54, 1.807) is 36.4 Å². The molecule has 7 heteroatoms. The second-order valence-electron chi connectivity index (χ2n) is 5.64. The molecule has 3 aromatic carbocycles. The molecule has 0 aliphatic heterocycles. The van der Waals surface area contributed by atoms with E-state index in [0.717, 1.165) is 0 Å². The van der Waals surface area contributed by atoms with E-state index >= 15 is 0 Å². The van der Waals surface area contributed by atoms with Crippen molar-refractivity contribution in [2.75, 3.05) is 0 Å². The third-order valence-electron chi connectivity index (χ3n) is 3.43. The zero-order chi connectivity index (χ0) is 20.5. The quantitative estimate of drug-likeness (QED) is 0.278. The molecule has 0 bridgehead atoms. The molecular formula is C22H16F3NO3. The van der Waals surface area contributed by atoms with Crippen molar-refractivity contribution < 1.29 is 27.4 Å². The summed E-state index contributed by atoms with van der Waals surface area (Å²) in [5, 5.41) is 0. The molecule has 0 heterocycles. The Bertz CT molecular complexity index is 954. The fourth-order valence-electron chi connectivity index (χ4n) is 2.22. The maximum atomic E-state index is 12.3. The van der Waals surface area contributed by atoms with Gasteiger partial charge in [-0.25, -0.2) is 4.99 Å². The number of hydrogen-bond donors (Lipinski definition) is 0. The number of halogens is 3. The van der Waals surface area contributed by atoms with Gasteiger partial charge in [-0.05, 0) is 48.5 Å². The minimum atomic E-state index is -4.75. The minimum absolute atomic E-state index is 0.191. The van der Waals surface area contributed by atoms with Crippen LogP contribution in [0.1, 0.15) is 0 Å². The van der Waals surface area contributed by atoms with Crippen molar-refractivity contribution in [2.24, 2.45) is 4.99 Å². The average Bonchev–Trinajstić information content (AvgIpc) is 2.70. The molecule has 3 aromatic rings. The molecule has 29 heavy (non-hydrogen) atoms. The number of para-hydroxylation sites is 2. The topological polar surface area (TPSA) is 40.0 Å². The first kappa shape index (κ1) is 20.0. The van der Waals surface area contributed by atoms with E-state index in [0.29, 0.717) is 17.2 Å². The van der Waals surface area contributed by atoms with Crippen molar-refractivity contribution in [2.45, 2.75) is 6.36 Å². The van der Waals surface area contributed by atoms with E-state index in [1.165, 1.54) is 36.6 Å². The Morgan fingerprint density at radius 1 is 0.724 bits per heavy atom. The van der Waals surface area contributed by atoms with Crippen molar-refractivity contribution in [3.8, 4) is 17.2 Å². The van der Waals surface area contributed by atoms with Gasteiger partial charge in [-0.15, -0.1) is 13.2 Å². The van der Waals surface area contributed by atoms with Crippen LogP contribution in [0.25, 0.3) is 0 Å². The van der Waals surface area contributed by atoms with Gasteiger partial charge in [0.25, 0.3) is 0 Å². The first-order chi connectivity index (χ1) is 14.0. The zero-order valence-electron chi connectivity index (χ0n) is 15.0. The molecule has 0 unspecified atom stereocenters. The highest BCUT2D eigenvalue weighted by molar-refractivity contribution is 5.91. The fourth-order valence-corrected chi connectivity index (χ4v) is 2.22. The summed E-state index contributed by atoms with van der Waals surface area (Å²) >= 11 is 0. The van der Waals surface area contributed by atoms with Gasteiger partial charge in [-0.3, -0.25) is 0 Å². The highest BCUT2D eigenvalue weighted by Gasteiger charge is 2.30. The van der Waals surface area contributed by atoms with Gasteiger partial charge in [0.05, 0.1) is 11.9 Å². The Morgan fingerprint density at radius 3 is 1.90 bits per heavy atom. The number of alkyl halides is 3. The van der Waals surface area contributed by atoms with Gasteiger partial charge in [-0.2, -0.15) is 0 Å². The summed E-state index contributed by atoms with van der Waals surface area (Å²) in [6.45, 7) is 0. The van der Waals surface area contributed by atoms with Crippen LogP contribution in [0, 0.1) is 0 Å². The first-order valence-corrected chi connectivity index (χ1v) is 8.54. The zero-order valence-corrected chi connectivity index (χ0v) is 15.0. The van der Waals surface area contributed by atoms with Crippen LogP contribution in [0.4, 0.5) is 18.9 Å². The molecule has 4 nitrogen and oxygen atoms in total. The van der Waals surface area contributed by atoms with E-state index < -0.39 is 6.36 Å². The molecule has 3 rings (SSSR count). The molecule has 0 saturated heterocycles. The summed E-state index contributed by atoms with van der Waals surface area (Å²) in [4.78, 5) is 4.31. The van der Waals surface area contributed by atoms with Crippen molar-refractivity contribution >= 4 is 11.6 Å². The lowest BCUT2D eigenvalue weighted by Gasteiger charge is -2.09. The molecule has 0 atom stereocenters. The third-order valence-corrected chi connectivity index (χ3v) is 3.43. The standard InChI is InChI=1S/C22H16F3NO3/c23-22(24,25)29-20-13-11-17(12-14-20)26-21(28-19-9-5-2-6-10-19)15-16-27-18-7-3-1-4-8-18/h1-16H. The molecule has 0 fully saturated rings. The van der Waals surface area contributed by atoms with Crippen LogP contribution in [0.3, 0.4) is 0 Å². The Labute approximate surface area is 165 Å². The first-order valence-electron chi connectivity index (χ1n) is 8.54. The van der Waals surface area contributed by atoms with Gasteiger partial charge in [0.15, 0.2) is 0 Å². The van der Waals surface area contributed by atoms with Crippen LogP contribution in [-0.2, 0) is 0 Å². The summed E-state index contributed by atoms with van der Waals surface area (Å²) in [6.07, 6.45) is -1.82. The summed E-state index contributed by atoms with van der Waals surface area (Å²) < 4.78 is 51.9. The lowest BCUT2D eigenvalue weighted by molar-refractivity contribution is -0.274. The molecule has 0 aromatic heterocycles. The predicted molar refractivity (Wildman–Crippen MR) is 104 cm³/mol. The maximum absolute atomic E-state index is 12.3. The van der Waals surface area contributed by atoms with Gasteiger partial charge in [0, 0.05) is 6.08 Å². The number of rotatable bonds is 6. The van der Waals surface area contributed by atoms with Gasteiger partial charge in [-0.1, -0.05) is 36.4 Å². The van der Waals surface area contributed by atoms with Crippen LogP contribution in [-0.4, -0.2) is 12.3 Å². The number of aliphatic imine (C=N–C) groups is 1. The number of hydrogen-bond acceptors (Lipinski definition) is 4. The number of nitrogens with zero attached hydrogens (tertiary/aromatic N) is 1. The lowest BCUT2D eigenvalue weighted by Crippen LogP contribution is -2.16. The maximum Gasteiger partial charge on any atom is 0.573 e. The number of benzene rings is 3. The molecule has 0 saturated carbocycles. The smallest absolute Gasteiger partial charge is 0.465 e. The Kier molecular flexibility index (Phi) is 6.52. The van der Waals surface area contributed by atoms with Gasteiger partial charge < -0.3 is 14.2 Å². The third kappa shape index (κ3) is 7.06. The van der Waals surface area contributed by atoms with Crippen LogP contribution < -0.4 is 14.2 Å². The Hall–Kier alpha value is -3.74. The monoisotopic (exact) mass is 399 g/mol. The van der Waals surface area contributed by atoms with Crippen LogP contribution in [0.15, 0.2) is 102 Å². The van der Waals surface area contributed by atoms with Crippen LogP contribution >= 0.6 is 0 Å². The van der Waals surface area contributed by atoms with Crippen molar-refractivity contribution in [3.05, 3.63) is 97.3 Å². The average molecular weight is 399 g/mol. The Balaban J connectivity index is 1.78. The molecule has 148 valence electrons. The molecule has 0 aliphatic rings. The highest BCUT2D eigenvalue weighted by Crippen LogP contribution is 2.25. The molecular weight excluding hydrogens is 383 g/mol. The van der Waals surface area contributed by atoms with Gasteiger partial charge in [0.1, 0.15) is 17.2 Å². The van der Waals surface area contributed by atoms with E-state index in [4.69, 9.17) is 9.47 Å². The van der Waals surface area contributed by atoms with E-state index in [-0.39, 0.29) is 11.6 Å². The predicted octanol–water partition coefficient (Wildman–Crippen LogP) is 6.29. The van der Waals surface area contributed by atoms with E-state index in [1.807, 2.05) is 24.3 Å².